The number of hydrogen-bond acceptors (Lipinski definition) is 4. The minimum absolute atomic E-state index is 0.112. The SMILES string of the molecule is O=C1C[C@H](c2ccco2)Cc2[nH]c(=O)c(C(=O)Nc3cccc(Cl)c3)cc21. The number of aromatic amines is 1. The number of anilines is 1. The number of aromatic nitrogens is 1. The number of carbonyl (C=O) groups is 2. The Bertz CT molecular complexity index is 1090. The summed E-state index contributed by atoms with van der Waals surface area (Å²) in [5, 5.41) is 3.09. The average Bonchev–Trinajstić information content (AvgIpc) is 3.15. The third kappa shape index (κ3) is 3.44. The minimum Gasteiger partial charge on any atom is -0.469 e. The summed E-state index contributed by atoms with van der Waals surface area (Å²) in [6.45, 7) is 0. The van der Waals surface area contributed by atoms with Gasteiger partial charge in [-0.3, -0.25) is 14.4 Å². The number of ketones is 1. The molecule has 2 N–H and O–H groups in total. The van der Waals surface area contributed by atoms with Crippen LogP contribution < -0.4 is 10.9 Å². The summed E-state index contributed by atoms with van der Waals surface area (Å²) in [6, 6.07) is 11.6. The maximum Gasteiger partial charge on any atom is 0.261 e. The highest BCUT2D eigenvalue weighted by Crippen LogP contribution is 2.31. The summed E-state index contributed by atoms with van der Waals surface area (Å²) in [6.07, 6.45) is 2.29. The predicted molar refractivity (Wildman–Crippen MR) is 101 cm³/mol. The van der Waals surface area contributed by atoms with Gasteiger partial charge in [-0.25, -0.2) is 0 Å². The summed E-state index contributed by atoms with van der Waals surface area (Å²) < 4.78 is 5.39. The molecule has 1 aliphatic rings. The molecule has 0 aliphatic heterocycles. The fraction of sp³-hybridized carbons (Fsp3) is 0.150. The first-order valence-electron chi connectivity index (χ1n) is 8.41. The number of pyridine rings is 1. The summed E-state index contributed by atoms with van der Waals surface area (Å²) in [5.41, 5.74) is 0.708. The van der Waals surface area contributed by atoms with Gasteiger partial charge in [-0.15, -0.1) is 0 Å². The lowest BCUT2D eigenvalue weighted by Gasteiger charge is -2.22. The van der Waals surface area contributed by atoms with Gasteiger partial charge in [-0.2, -0.15) is 0 Å². The van der Waals surface area contributed by atoms with Gasteiger partial charge < -0.3 is 14.7 Å². The van der Waals surface area contributed by atoms with Crippen molar-refractivity contribution >= 4 is 29.0 Å². The third-order valence-corrected chi connectivity index (χ3v) is 4.81. The van der Waals surface area contributed by atoms with E-state index in [9.17, 15) is 14.4 Å². The van der Waals surface area contributed by atoms with E-state index in [1.54, 1.807) is 36.6 Å². The van der Waals surface area contributed by atoms with Gasteiger partial charge >= 0.3 is 0 Å². The van der Waals surface area contributed by atoms with E-state index < -0.39 is 11.5 Å². The van der Waals surface area contributed by atoms with E-state index in [4.69, 9.17) is 16.0 Å². The van der Waals surface area contributed by atoms with Crippen molar-refractivity contribution in [3.05, 3.63) is 86.7 Å². The summed E-state index contributed by atoms with van der Waals surface area (Å²) >= 11 is 5.90. The molecule has 1 aromatic carbocycles. The minimum atomic E-state index is -0.595. The van der Waals surface area contributed by atoms with Crippen molar-refractivity contribution < 1.29 is 14.0 Å². The zero-order chi connectivity index (χ0) is 19.0. The maximum atomic E-state index is 12.6. The van der Waals surface area contributed by atoms with Crippen LogP contribution in [0, 0.1) is 0 Å². The lowest BCUT2D eigenvalue weighted by atomic mass is 9.84. The van der Waals surface area contributed by atoms with Crippen LogP contribution in [0.2, 0.25) is 5.02 Å². The number of H-pyrrole nitrogens is 1. The number of rotatable bonds is 3. The highest BCUT2D eigenvalue weighted by atomic mass is 35.5. The molecule has 0 radical (unpaired) electrons. The second-order valence-corrected chi connectivity index (χ2v) is 6.85. The van der Waals surface area contributed by atoms with Gasteiger partial charge in [-0.1, -0.05) is 17.7 Å². The molecule has 0 saturated heterocycles. The smallest absolute Gasteiger partial charge is 0.261 e. The van der Waals surface area contributed by atoms with Crippen LogP contribution >= 0.6 is 11.6 Å². The normalized spacial score (nSPS) is 16.0. The highest BCUT2D eigenvalue weighted by Gasteiger charge is 2.30. The third-order valence-electron chi connectivity index (χ3n) is 4.58. The van der Waals surface area contributed by atoms with Crippen molar-refractivity contribution in [3.63, 3.8) is 0 Å². The predicted octanol–water partition coefficient (Wildman–Crippen LogP) is 3.79. The number of fused-ring (bicyclic) bond motifs is 1. The number of amides is 1. The molecule has 2 aromatic heterocycles. The Hall–Kier alpha value is -3.12. The van der Waals surface area contributed by atoms with Crippen LogP contribution in [0.15, 0.2) is 57.9 Å². The van der Waals surface area contributed by atoms with Crippen molar-refractivity contribution in [2.45, 2.75) is 18.8 Å². The standard InChI is InChI=1S/C20H15ClN2O4/c21-12-3-1-4-13(9-12)22-19(25)15-10-14-16(23-20(15)26)7-11(8-17(14)24)18-5-2-6-27-18/h1-6,9-11H,7-8H2,(H,22,25)(H,23,26)/t11-/m1/s1. The molecule has 0 spiro atoms. The zero-order valence-electron chi connectivity index (χ0n) is 14.1. The zero-order valence-corrected chi connectivity index (χ0v) is 14.9. The number of carbonyl (C=O) groups excluding carboxylic acids is 2. The molecule has 4 rings (SSSR count). The van der Waals surface area contributed by atoms with Gasteiger partial charge in [0, 0.05) is 34.3 Å². The average molecular weight is 383 g/mol. The van der Waals surface area contributed by atoms with Crippen LogP contribution in [0.5, 0.6) is 0 Å². The lowest BCUT2D eigenvalue weighted by Crippen LogP contribution is -2.29. The maximum absolute atomic E-state index is 12.6. The van der Waals surface area contributed by atoms with Crippen LogP contribution in [0.25, 0.3) is 0 Å². The molecule has 0 bridgehead atoms. The molecule has 0 saturated carbocycles. The van der Waals surface area contributed by atoms with Crippen LogP contribution in [-0.2, 0) is 6.42 Å². The molecule has 136 valence electrons. The number of benzene rings is 1. The van der Waals surface area contributed by atoms with Crippen LogP contribution in [0.1, 0.15) is 44.5 Å². The molecule has 27 heavy (non-hydrogen) atoms. The topological polar surface area (TPSA) is 92.2 Å². The summed E-state index contributed by atoms with van der Waals surface area (Å²) in [4.78, 5) is 40.2. The fourth-order valence-corrected chi connectivity index (χ4v) is 3.48. The van der Waals surface area contributed by atoms with Crippen molar-refractivity contribution in [2.24, 2.45) is 0 Å². The fourth-order valence-electron chi connectivity index (χ4n) is 3.29. The summed E-state index contributed by atoms with van der Waals surface area (Å²) in [7, 11) is 0. The first-order chi connectivity index (χ1) is 13.0. The molecular formula is C20H15ClN2O4. The second kappa shape index (κ2) is 6.89. The van der Waals surface area contributed by atoms with Crippen molar-refractivity contribution in [3.8, 4) is 0 Å². The molecule has 7 heteroatoms. The van der Waals surface area contributed by atoms with E-state index in [0.29, 0.717) is 34.1 Å². The number of hydrogen-bond donors (Lipinski definition) is 2. The molecule has 2 heterocycles. The van der Waals surface area contributed by atoms with E-state index in [0.717, 1.165) is 0 Å². The Morgan fingerprint density at radius 3 is 2.74 bits per heavy atom. The molecule has 6 nitrogen and oxygen atoms in total. The van der Waals surface area contributed by atoms with E-state index in [2.05, 4.69) is 10.3 Å². The van der Waals surface area contributed by atoms with Gasteiger partial charge in [0.2, 0.25) is 0 Å². The Balaban J connectivity index is 1.63. The molecule has 1 amide bonds. The van der Waals surface area contributed by atoms with Gasteiger partial charge in [0.25, 0.3) is 11.5 Å². The van der Waals surface area contributed by atoms with E-state index in [-0.39, 0.29) is 23.7 Å². The van der Waals surface area contributed by atoms with Gasteiger partial charge in [0.15, 0.2) is 5.78 Å². The molecule has 0 fully saturated rings. The van der Waals surface area contributed by atoms with Crippen molar-refractivity contribution in [1.29, 1.82) is 0 Å². The number of nitrogens with one attached hydrogen (secondary N) is 2. The van der Waals surface area contributed by atoms with Crippen LogP contribution in [0.4, 0.5) is 5.69 Å². The second-order valence-electron chi connectivity index (χ2n) is 6.41. The Morgan fingerprint density at radius 1 is 1.15 bits per heavy atom. The molecule has 0 unspecified atom stereocenters. The quantitative estimate of drug-likeness (QED) is 0.720. The van der Waals surface area contributed by atoms with Gasteiger partial charge in [0.1, 0.15) is 11.3 Å². The van der Waals surface area contributed by atoms with Crippen LogP contribution in [-0.4, -0.2) is 16.7 Å². The van der Waals surface area contributed by atoms with Gasteiger partial charge in [-0.05, 0) is 42.8 Å². The first-order valence-corrected chi connectivity index (χ1v) is 8.79. The summed E-state index contributed by atoms with van der Waals surface area (Å²) in [5.74, 6) is -0.146. The van der Waals surface area contributed by atoms with Crippen LogP contribution in [0.3, 0.4) is 0 Å². The Kier molecular flexibility index (Phi) is 4.41. The molecule has 1 aliphatic carbocycles. The molecule has 1 atom stereocenters. The van der Waals surface area contributed by atoms with E-state index in [1.165, 1.54) is 6.07 Å². The first kappa shape index (κ1) is 17.3. The van der Waals surface area contributed by atoms with Crippen molar-refractivity contribution in [1.82, 2.24) is 4.98 Å². The van der Waals surface area contributed by atoms with Gasteiger partial charge in [0.05, 0.1) is 6.26 Å². The number of furan rings is 1. The highest BCUT2D eigenvalue weighted by molar-refractivity contribution is 6.31. The number of halogens is 1. The van der Waals surface area contributed by atoms with Crippen molar-refractivity contribution in [2.75, 3.05) is 5.32 Å². The lowest BCUT2D eigenvalue weighted by molar-refractivity contribution is 0.0959. The molecule has 3 aromatic rings. The largest absolute Gasteiger partial charge is 0.469 e. The Morgan fingerprint density at radius 2 is 2.00 bits per heavy atom. The Labute approximate surface area is 159 Å². The monoisotopic (exact) mass is 382 g/mol. The van der Waals surface area contributed by atoms with E-state index in [1.807, 2.05) is 6.07 Å². The van der Waals surface area contributed by atoms with E-state index >= 15 is 0 Å². The number of Topliss-reactive ketones (excluding diaryl/α,β-unsaturated/α-hetero) is 1. The molecular weight excluding hydrogens is 368 g/mol.